The lowest BCUT2D eigenvalue weighted by Crippen LogP contribution is -2.51. The van der Waals surface area contributed by atoms with Gasteiger partial charge < -0.3 is 10.2 Å². The Kier molecular flexibility index (Phi) is 6.42. The summed E-state index contributed by atoms with van der Waals surface area (Å²) < 4.78 is 0. The fraction of sp³-hybridized carbons (Fsp3) is 0.237. The van der Waals surface area contributed by atoms with Gasteiger partial charge in [-0.3, -0.25) is 14.4 Å². The summed E-state index contributed by atoms with van der Waals surface area (Å²) in [6, 6.07) is 31.0. The van der Waals surface area contributed by atoms with Crippen molar-refractivity contribution in [2.45, 2.75) is 44.7 Å². The van der Waals surface area contributed by atoms with Crippen LogP contribution >= 0.6 is 0 Å². The van der Waals surface area contributed by atoms with E-state index in [0.29, 0.717) is 22.7 Å². The third-order valence-corrected chi connectivity index (χ3v) is 9.38. The number of fused-ring (bicyclic) bond motifs is 6. The summed E-state index contributed by atoms with van der Waals surface area (Å²) >= 11 is 0. The van der Waals surface area contributed by atoms with E-state index in [1.807, 2.05) is 97.9 Å². The Bertz CT molecular complexity index is 1790. The van der Waals surface area contributed by atoms with Gasteiger partial charge in [-0.25, -0.2) is 0 Å². The van der Waals surface area contributed by atoms with Gasteiger partial charge in [0.25, 0.3) is 0 Å². The second-order valence-corrected chi connectivity index (χ2v) is 12.4. The zero-order chi connectivity index (χ0) is 29.9. The normalized spacial score (nSPS) is 23.4. The molecule has 4 atom stereocenters. The average molecular weight is 567 g/mol. The van der Waals surface area contributed by atoms with Crippen LogP contribution in [0.4, 0.5) is 11.4 Å². The Hall–Kier alpha value is -4.77. The lowest BCUT2D eigenvalue weighted by molar-refractivity contribution is -0.121. The molecule has 0 bridgehead atoms. The quantitative estimate of drug-likeness (QED) is 0.252. The van der Waals surface area contributed by atoms with E-state index in [1.165, 1.54) is 0 Å². The molecule has 4 unspecified atom stereocenters. The topological polar surface area (TPSA) is 66.5 Å². The van der Waals surface area contributed by atoms with Crippen LogP contribution in [0.5, 0.6) is 0 Å². The van der Waals surface area contributed by atoms with Gasteiger partial charge in [-0.1, -0.05) is 111 Å². The number of para-hydroxylation sites is 2. The van der Waals surface area contributed by atoms with E-state index in [9.17, 15) is 9.59 Å². The molecule has 1 N–H and O–H groups in total. The third-order valence-electron chi connectivity index (χ3n) is 9.38. The van der Waals surface area contributed by atoms with Crippen LogP contribution in [0.2, 0.25) is 0 Å². The van der Waals surface area contributed by atoms with Crippen molar-refractivity contribution in [3.63, 3.8) is 0 Å². The Balaban J connectivity index is 1.50. The van der Waals surface area contributed by atoms with E-state index in [0.717, 1.165) is 34.4 Å². The lowest BCUT2D eigenvalue weighted by Gasteiger charge is -2.39. The van der Waals surface area contributed by atoms with Crippen molar-refractivity contribution in [1.82, 2.24) is 0 Å². The fourth-order valence-corrected chi connectivity index (χ4v) is 7.62. The minimum atomic E-state index is -1.31. The maximum absolute atomic E-state index is 15.0. The van der Waals surface area contributed by atoms with Crippen molar-refractivity contribution in [2.75, 3.05) is 10.2 Å². The highest BCUT2D eigenvalue weighted by molar-refractivity contribution is 6.18. The van der Waals surface area contributed by atoms with Crippen molar-refractivity contribution >= 4 is 34.4 Å². The van der Waals surface area contributed by atoms with Crippen LogP contribution in [0.3, 0.4) is 0 Å². The molecule has 5 nitrogen and oxygen atoms in total. The van der Waals surface area contributed by atoms with Gasteiger partial charge >= 0.3 is 0 Å². The molecule has 214 valence electrons. The fourth-order valence-electron chi connectivity index (χ4n) is 7.62. The number of hydrogen-bond acceptors (Lipinski definition) is 4. The predicted molar refractivity (Wildman–Crippen MR) is 170 cm³/mol. The van der Waals surface area contributed by atoms with Crippen LogP contribution < -0.4 is 10.2 Å². The van der Waals surface area contributed by atoms with Gasteiger partial charge in [0.1, 0.15) is 11.5 Å². The number of hydrogen-bond donors (Lipinski definition) is 1. The molecular weight excluding hydrogens is 532 g/mol. The number of amides is 1. The number of ketones is 2. The molecule has 1 fully saturated rings. The molecule has 0 aliphatic carbocycles. The number of nitrogens with one attached hydrogen (secondary N) is 1. The van der Waals surface area contributed by atoms with E-state index in [4.69, 9.17) is 0 Å². The average Bonchev–Trinajstić information content (AvgIpc) is 3.49. The first-order valence-corrected chi connectivity index (χ1v) is 15.0. The van der Waals surface area contributed by atoms with Gasteiger partial charge in [-0.2, -0.15) is 0 Å². The number of allylic oxidation sites excluding steroid dienone is 1. The molecule has 7 rings (SSSR count). The largest absolute Gasteiger partial charge is 0.352 e. The van der Waals surface area contributed by atoms with Crippen molar-refractivity contribution in [3.05, 3.63) is 137 Å². The highest BCUT2D eigenvalue weighted by atomic mass is 16.2. The smallest absolute Gasteiger partial charge is 0.238 e. The summed E-state index contributed by atoms with van der Waals surface area (Å²) in [7, 11) is 0. The number of benzene rings is 4. The van der Waals surface area contributed by atoms with E-state index in [-0.39, 0.29) is 17.5 Å². The Morgan fingerprint density at radius 1 is 0.814 bits per heavy atom. The standard InChI is InChI=1S/C38H34N2O3/c1-23(2)21-25-17-19-27(20-18-25)35(41)33-34(36(42)26-11-5-4-6-12-26)40-31-16-10-7-13-28(31)24(3)22-32(40)38(33)29-14-8-9-15-30(29)39-37(38)43/h4-20,22-23,32-34H,21H2,1-3H3,(H,39,43). The molecule has 0 aromatic heterocycles. The first-order chi connectivity index (χ1) is 20.8. The number of anilines is 2. The van der Waals surface area contributed by atoms with Gasteiger partial charge in [0, 0.05) is 28.1 Å². The molecule has 0 saturated carbocycles. The monoisotopic (exact) mass is 566 g/mol. The second-order valence-electron chi connectivity index (χ2n) is 12.4. The Morgan fingerprint density at radius 2 is 1.47 bits per heavy atom. The molecule has 3 aliphatic rings. The molecule has 3 heterocycles. The first-order valence-electron chi connectivity index (χ1n) is 15.0. The highest BCUT2D eigenvalue weighted by Gasteiger charge is 2.70. The number of carbonyl (C=O) groups excluding carboxylic acids is 3. The SMILES string of the molecule is CC1=CC2N(c3ccccc31)C(C(=O)c1ccccc1)C(C(=O)c1ccc(CC(C)C)cc1)C21C(=O)Nc2ccccc21. The number of carbonyl (C=O) groups is 3. The summed E-state index contributed by atoms with van der Waals surface area (Å²) in [6.45, 7) is 6.38. The molecule has 4 aromatic rings. The first kappa shape index (κ1) is 27.1. The minimum absolute atomic E-state index is 0.169. The van der Waals surface area contributed by atoms with E-state index in [1.54, 1.807) is 12.1 Å². The zero-order valence-corrected chi connectivity index (χ0v) is 24.6. The summed E-state index contributed by atoms with van der Waals surface area (Å²) in [5, 5.41) is 3.11. The molecule has 5 heteroatoms. The summed E-state index contributed by atoms with van der Waals surface area (Å²) in [6.07, 6.45) is 3.00. The Labute approximate surface area is 252 Å². The van der Waals surface area contributed by atoms with E-state index >= 15 is 4.79 Å². The molecule has 1 amide bonds. The predicted octanol–water partition coefficient (Wildman–Crippen LogP) is 7.13. The van der Waals surface area contributed by atoms with Crippen molar-refractivity contribution in [2.24, 2.45) is 11.8 Å². The minimum Gasteiger partial charge on any atom is -0.352 e. The third kappa shape index (κ3) is 4.02. The highest BCUT2D eigenvalue weighted by Crippen LogP contribution is 2.58. The van der Waals surface area contributed by atoms with E-state index < -0.39 is 23.4 Å². The number of nitrogens with zero attached hydrogens (tertiary/aromatic N) is 1. The summed E-state index contributed by atoms with van der Waals surface area (Å²) in [4.78, 5) is 46.3. The maximum atomic E-state index is 15.0. The van der Waals surface area contributed by atoms with Gasteiger partial charge in [0.15, 0.2) is 11.6 Å². The van der Waals surface area contributed by atoms with E-state index in [2.05, 4.69) is 30.1 Å². The molecular formula is C38H34N2O3. The van der Waals surface area contributed by atoms with Gasteiger partial charge in [-0.05, 0) is 48.1 Å². The second kappa shape index (κ2) is 10.2. The summed E-state index contributed by atoms with van der Waals surface area (Å²) in [5.41, 5.74) is 5.19. The van der Waals surface area contributed by atoms with Crippen LogP contribution in [0.15, 0.2) is 109 Å². The van der Waals surface area contributed by atoms with Gasteiger partial charge in [0.2, 0.25) is 5.91 Å². The molecule has 43 heavy (non-hydrogen) atoms. The molecule has 0 radical (unpaired) electrons. The van der Waals surface area contributed by atoms with Crippen LogP contribution in [0.25, 0.3) is 5.57 Å². The maximum Gasteiger partial charge on any atom is 0.238 e. The van der Waals surface area contributed by atoms with Crippen molar-refractivity contribution in [1.29, 1.82) is 0 Å². The van der Waals surface area contributed by atoms with Crippen LogP contribution in [0.1, 0.15) is 58.2 Å². The van der Waals surface area contributed by atoms with Gasteiger partial charge in [0.05, 0.1) is 12.0 Å². The van der Waals surface area contributed by atoms with Gasteiger partial charge in [-0.15, -0.1) is 0 Å². The van der Waals surface area contributed by atoms with Crippen molar-refractivity contribution < 1.29 is 14.4 Å². The Morgan fingerprint density at radius 3 is 2.21 bits per heavy atom. The van der Waals surface area contributed by atoms with Crippen LogP contribution in [-0.2, 0) is 16.6 Å². The van der Waals surface area contributed by atoms with Crippen LogP contribution in [-0.4, -0.2) is 29.6 Å². The molecule has 1 spiro atoms. The van der Waals surface area contributed by atoms with Crippen LogP contribution in [0, 0.1) is 11.8 Å². The molecule has 4 aromatic carbocycles. The zero-order valence-electron chi connectivity index (χ0n) is 24.6. The number of rotatable bonds is 6. The lowest BCUT2D eigenvalue weighted by atomic mass is 9.64. The summed E-state index contributed by atoms with van der Waals surface area (Å²) in [5.74, 6) is -1.10. The number of Topliss-reactive ketones (excluding diaryl/α,β-unsaturated/α-hetero) is 2. The van der Waals surface area contributed by atoms with Crippen molar-refractivity contribution in [3.8, 4) is 0 Å². The molecule has 3 aliphatic heterocycles. The molecule has 1 saturated heterocycles.